The highest BCUT2D eigenvalue weighted by molar-refractivity contribution is 5.82. The number of aryl methyl sites for hydroxylation is 1. The number of para-hydroxylation sites is 1. The van der Waals surface area contributed by atoms with Crippen molar-refractivity contribution in [3.8, 4) is 0 Å². The van der Waals surface area contributed by atoms with Gasteiger partial charge in [0.15, 0.2) is 0 Å². The van der Waals surface area contributed by atoms with Crippen molar-refractivity contribution in [2.75, 3.05) is 13.7 Å². The Kier molecular flexibility index (Phi) is 3.70. The molecule has 2 heterocycles. The maximum atomic E-state index is 5.80. The van der Waals surface area contributed by atoms with Gasteiger partial charge in [0.1, 0.15) is 11.8 Å². The highest BCUT2D eigenvalue weighted by Gasteiger charge is 2.20. The van der Waals surface area contributed by atoms with Gasteiger partial charge in [-0.1, -0.05) is 18.2 Å². The number of fused-ring (bicyclic) bond motifs is 1. The number of hydrogen-bond donors (Lipinski definition) is 1. The van der Waals surface area contributed by atoms with Crippen LogP contribution in [-0.2, 0) is 4.74 Å². The predicted octanol–water partition coefficient (Wildman–Crippen LogP) is 3.50. The van der Waals surface area contributed by atoms with E-state index in [4.69, 9.17) is 9.72 Å². The van der Waals surface area contributed by atoms with Gasteiger partial charge in [0.25, 0.3) is 0 Å². The molecule has 0 amide bonds. The van der Waals surface area contributed by atoms with Crippen molar-refractivity contribution >= 4 is 10.9 Å². The van der Waals surface area contributed by atoms with E-state index in [1.54, 1.807) is 0 Å². The molecular formula is C17H20N2O. The van der Waals surface area contributed by atoms with Crippen LogP contribution in [0.25, 0.3) is 10.9 Å². The molecule has 2 aromatic rings. The van der Waals surface area contributed by atoms with Crippen LogP contribution in [0.2, 0.25) is 0 Å². The number of ether oxygens (including phenoxy) is 1. The summed E-state index contributed by atoms with van der Waals surface area (Å²) >= 11 is 0. The van der Waals surface area contributed by atoms with Crippen molar-refractivity contribution in [2.45, 2.75) is 25.8 Å². The van der Waals surface area contributed by atoms with Crippen LogP contribution in [0.3, 0.4) is 0 Å². The summed E-state index contributed by atoms with van der Waals surface area (Å²) in [6.45, 7) is 2.94. The van der Waals surface area contributed by atoms with E-state index in [0.717, 1.165) is 36.4 Å². The number of benzene rings is 1. The van der Waals surface area contributed by atoms with Gasteiger partial charge in [-0.15, -0.1) is 0 Å². The van der Waals surface area contributed by atoms with Crippen LogP contribution in [0.4, 0.5) is 0 Å². The lowest BCUT2D eigenvalue weighted by atomic mass is 10.0. The average Bonchev–Trinajstić information content (AvgIpc) is 2.49. The van der Waals surface area contributed by atoms with Gasteiger partial charge in [0.05, 0.1) is 17.8 Å². The first-order chi connectivity index (χ1) is 9.79. The molecule has 104 valence electrons. The third-order valence-electron chi connectivity index (χ3n) is 3.77. The van der Waals surface area contributed by atoms with Crippen molar-refractivity contribution < 1.29 is 4.74 Å². The van der Waals surface area contributed by atoms with Gasteiger partial charge >= 0.3 is 0 Å². The van der Waals surface area contributed by atoms with E-state index in [2.05, 4.69) is 42.6 Å². The molecule has 0 saturated carbocycles. The maximum absolute atomic E-state index is 5.80. The number of likely N-dealkylation sites (N-methyl/N-ethyl adjacent to an activating group) is 1. The van der Waals surface area contributed by atoms with E-state index in [1.165, 1.54) is 10.9 Å². The SMILES string of the molecule is CNC(C1=CCCCO1)c1cc(C)c2ccccc2n1. The largest absolute Gasteiger partial charge is 0.496 e. The number of allylic oxidation sites excluding steroid dienone is 1. The third kappa shape index (κ3) is 2.41. The number of rotatable bonds is 3. The molecule has 0 bridgehead atoms. The fourth-order valence-corrected chi connectivity index (χ4v) is 2.74. The highest BCUT2D eigenvalue weighted by atomic mass is 16.5. The van der Waals surface area contributed by atoms with Crippen LogP contribution >= 0.6 is 0 Å². The minimum atomic E-state index is 0.0404. The van der Waals surface area contributed by atoms with Gasteiger partial charge in [0.2, 0.25) is 0 Å². The maximum Gasteiger partial charge on any atom is 0.115 e. The van der Waals surface area contributed by atoms with Gasteiger partial charge in [-0.25, -0.2) is 0 Å². The summed E-state index contributed by atoms with van der Waals surface area (Å²) in [5.74, 6) is 1.00. The summed E-state index contributed by atoms with van der Waals surface area (Å²) in [6.07, 6.45) is 4.36. The molecule has 20 heavy (non-hydrogen) atoms. The van der Waals surface area contributed by atoms with Crippen molar-refractivity contribution in [1.29, 1.82) is 0 Å². The summed E-state index contributed by atoms with van der Waals surface area (Å²) in [7, 11) is 1.95. The molecule has 0 radical (unpaired) electrons. The van der Waals surface area contributed by atoms with Crippen LogP contribution in [-0.4, -0.2) is 18.6 Å². The number of nitrogens with one attached hydrogen (secondary N) is 1. The van der Waals surface area contributed by atoms with Crippen LogP contribution < -0.4 is 5.32 Å². The fourth-order valence-electron chi connectivity index (χ4n) is 2.74. The number of hydrogen-bond acceptors (Lipinski definition) is 3. The molecule has 1 atom stereocenters. The first-order valence-electron chi connectivity index (χ1n) is 7.16. The molecule has 1 aliphatic heterocycles. The Labute approximate surface area is 119 Å². The summed E-state index contributed by atoms with van der Waals surface area (Å²) in [5, 5.41) is 4.54. The smallest absolute Gasteiger partial charge is 0.115 e. The third-order valence-corrected chi connectivity index (χ3v) is 3.77. The number of nitrogens with zero attached hydrogens (tertiary/aromatic N) is 1. The zero-order valence-electron chi connectivity index (χ0n) is 12.0. The standard InChI is InChI=1S/C17H20N2O/c1-12-11-15(19-14-8-4-3-7-13(12)14)17(18-2)16-9-5-6-10-20-16/h3-4,7-9,11,17-18H,5-6,10H2,1-2H3. The van der Waals surface area contributed by atoms with Crippen LogP contribution in [0.5, 0.6) is 0 Å². The minimum absolute atomic E-state index is 0.0404. The second-order valence-electron chi connectivity index (χ2n) is 5.20. The van der Waals surface area contributed by atoms with Crippen molar-refractivity contribution in [3.63, 3.8) is 0 Å². The molecule has 0 aliphatic carbocycles. The predicted molar refractivity (Wildman–Crippen MR) is 81.5 cm³/mol. The topological polar surface area (TPSA) is 34.1 Å². The summed E-state index contributed by atoms with van der Waals surface area (Å²) in [5.41, 5.74) is 3.32. The molecular weight excluding hydrogens is 248 g/mol. The molecule has 3 rings (SSSR count). The second-order valence-corrected chi connectivity index (χ2v) is 5.20. The average molecular weight is 268 g/mol. The monoisotopic (exact) mass is 268 g/mol. The Morgan fingerprint density at radius 3 is 2.90 bits per heavy atom. The van der Waals surface area contributed by atoms with E-state index in [0.29, 0.717) is 0 Å². The Hall–Kier alpha value is -1.87. The van der Waals surface area contributed by atoms with E-state index in [-0.39, 0.29) is 6.04 Å². The van der Waals surface area contributed by atoms with Crippen molar-refractivity contribution in [3.05, 3.63) is 53.4 Å². The van der Waals surface area contributed by atoms with Gasteiger partial charge in [-0.05, 0) is 50.6 Å². The van der Waals surface area contributed by atoms with Crippen LogP contribution in [0.15, 0.2) is 42.2 Å². The van der Waals surface area contributed by atoms with Gasteiger partial charge in [-0.2, -0.15) is 0 Å². The van der Waals surface area contributed by atoms with Crippen molar-refractivity contribution in [2.24, 2.45) is 0 Å². The molecule has 1 N–H and O–H groups in total. The van der Waals surface area contributed by atoms with E-state index < -0.39 is 0 Å². The van der Waals surface area contributed by atoms with E-state index >= 15 is 0 Å². The summed E-state index contributed by atoms with van der Waals surface area (Å²) in [6, 6.07) is 10.5. The molecule has 3 heteroatoms. The van der Waals surface area contributed by atoms with Crippen molar-refractivity contribution in [1.82, 2.24) is 10.3 Å². The summed E-state index contributed by atoms with van der Waals surface area (Å²) in [4.78, 5) is 4.80. The first kappa shape index (κ1) is 13.1. The van der Waals surface area contributed by atoms with Gasteiger partial charge in [0, 0.05) is 5.39 Å². The Bertz CT molecular complexity index is 648. The van der Waals surface area contributed by atoms with Crippen LogP contribution in [0.1, 0.15) is 30.1 Å². The lowest BCUT2D eigenvalue weighted by Crippen LogP contribution is -2.23. The number of aromatic nitrogens is 1. The Balaban J connectivity index is 2.05. The zero-order chi connectivity index (χ0) is 13.9. The molecule has 1 aromatic heterocycles. The summed E-state index contributed by atoms with van der Waals surface area (Å²) < 4.78 is 5.80. The van der Waals surface area contributed by atoms with E-state index in [1.807, 2.05) is 13.1 Å². The lowest BCUT2D eigenvalue weighted by Gasteiger charge is -2.23. The first-order valence-corrected chi connectivity index (χ1v) is 7.16. The molecule has 1 aromatic carbocycles. The highest BCUT2D eigenvalue weighted by Crippen LogP contribution is 2.27. The normalized spacial score (nSPS) is 16.6. The number of pyridine rings is 1. The molecule has 1 aliphatic rings. The van der Waals surface area contributed by atoms with E-state index in [9.17, 15) is 0 Å². The van der Waals surface area contributed by atoms with Crippen LogP contribution in [0, 0.1) is 6.92 Å². The zero-order valence-corrected chi connectivity index (χ0v) is 12.0. The molecule has 0 spiro atoms. The second kappa shape index (κ2) is 5.63. The van der Waals surface area contributed by atoms with Gasteiger partial charge in [-0.3, -0.25) is 4.98 Å². The quantitative estimate of drug-likeness (QED) is 0.925. The Morgan fingerprint density at radius 2 is 2.15 bits per heavy atom. The lowest BCUT2D eigenvalue weighted by molar-refractivity contribution is 0.169. The molecule has 0 saturated heterocycles. The van der Waals surface area contributed by atoms with Gasteiger partial charge < -0.3 is 10.1 Å². The molecule has 1 unspecified atom stereocenters. The minimum Gasteiger partial charge on any atom is -0.496 e. The Morgan fingerprint density at radius 1 is 1.30 bits per heavy atom. The molecule has 3 nitrogen and oxygen atoms in total. The molecule has 0 fully saturated rings. The fraction of sp³-hybridized carbons (Fsp3) is 0.353.